The van der Waals surface area contributed by atoms with Crippen molar-refractivity contribution in [3.8, 4) is 5.75 Å². The average Bonchev–Trinajstić information content (AvgIpc) is 2.19. The molecule has 16 heavy (non-hydrogen) atoms. The second kappa shape index (κ2) is 5.32. The lowest BCUT2D eigenvalue weighted by atomic mass is 10.3. The van der Waals surface area contributed by atoms with Gasteiger partial charge in [0.15, 0.2) is 0 Å². The number of nitrogens with two attached hydrogens (primary N) is 1. The molecule has 86 valence electrons. The number of ether oxygens (including phenoxy) is 1. The summed E-state index contributed by atoms with van der Waals surface area (Å²) < 4.78 is 5.07. The first-order valence-corrected chi connectivity index (χ1v) is 4.74. The van der Waals surface area contributed by atoms with E-state index in [0.29, 0.717) is 0 Å². The lowest BCUT2D eigenvalue weighted by molar-refractivity contribution is -0.385. The molecule has 0 aliphatic carbocycles. The molecule has 7 heteroatoms. The van der Waals surface area contributed by atoms with Gasteiger partial charge in [0.25, 0.3) is 0 Å². The summed E-state index contributed by atoms with van der Waals surface area (Å²) in [6.07, 6.45) is -0.0254. The van der Waals surface area contributed by atoms with Gasteiger partial charge < -0.3 is 10.5 Å². The predicted molar refractivity (Wildman–Crippen MR) is 57.4 cm³/mol. The van der Waals surface area contributed by atoms with Crippen LogP contribution in [0.3, 0.4) is 0 Å². The van der Waals surface area contributed by atoms with Gasteiger partial charge in [-0.25, -0.2) is 0 Å². The molecular formula is C9H9ClN2O4. The third kappa shape index (κ3) is 3.09. The van der Waals surface area contributed by atoms with E-state index in [1.54, 1.807) is 0 Å². The maximum absolute atomic E-state index is 10.6. The topological polar surface area (TPSA) is 95.5 Å². The largest absolute Gasteiger partial charge is 0.485 e. The summed E-state index contributed by atoms with van der Waals surface area (Å²) in [6.45, 7) is -0.0418. The fourth-order valence-electron chi connectivity index (χ4n) is 1.04. The molecule has 1 rings (SSSR count). The van der Waals surface area contributed by atoms with Crippen molar-refractivity contribution < 1.29 is 14.5 Å². The SMILES string of the molecule is NC(=O)CCOc1c(Cl)cccc1[N+](=O)[O-]. The number of nitrogens with zero attached hydrogens (tertiary/aromatic N) is 1. The van der Waals surface area contributed by atoms with Crippen molar-refractivity contribution in [1.29, 1.82) is 0 Å². The first-order chi connectivity index (χ1) is 7.52. The summed E-state index contributed by atoms with van der Waals surface area (Å²) in [7, 11) is 0. The van der Waals surface area contributed by atoms with Crippen LogP contribution in [0.4, 0.5) is 5.69 Å². The van der Waals surface area contributed by atoms with E-state index in [-0.39, 0.29) is 29.5 Å². The highest BCUT2D eigenvalue weighted by molar-refractivity contribution is 6.32. The van der Waals surface area contributed by atoms with Gasteiger partial charge in [0, 0.05) is 6.07 Å². The Bertz CT molecular complexity index is 422. The molecule has 0 aliphatic rings. The maximum Gasteiger partial charge on any atom is 0.312 e. The second-order valence-corrected chi connectivity index (χ2v) is 3.32. The lowest BCUT2D eigenvalue weighted by Gasteiger charge is -2.06. The van der Waals surface area contributed by atoms with E-state index in [4.69, 9.17) is 22.1 Å². The number of nitro benzene ring substituents is 1. The van der Waals surface area contributed by atoms with Crippen molar-refractivity contribution in [2.24, 2.45) is 5.73 Å². The Morgan fingerprint density at radius 2 is 2.25 bits per heavy atom. The summed E-state index contributed by atoms with van der Waals surface area (Å²) in [5.41, 5.74) is 4.67. The van der Waals surface area contributed by atoms with E-state index in [0.717, 1.165) is 0 Å². The number of amides is 1. The number of benzene rings is 1. The van der Waals surface area contributed by atoms with Gasteiger partial charge >= 0.3 is 5.69 Å². The van der Waals surface area contributed by atoms with Crippen molar-refractivity contribution >= 4 is 23.2 Å². The maximum atomic E-state index is 10.6. The van der Waals surface area contributed by atoms with E-state index in [9.17, 15) is 14.9 Å². The third-order valence-electron chi connectivity index (χ3n) is 1.74. The highest BCUT2D eigenvalue weighted by Gasteiger charge is 2.18. The number of para-hydroxylation sites is 1. The molecule has 0 saturated heterocycles. The zero-order valence-corrected chi connectivity index (χ0v) is 8.94. The van der Waals surface area contributed by atoms with E-state index in [1.165, 1.54) is 18.2 Å². The van der Waals surface area contributed by atoms with Gasteiger partial charge in [0.2, 0.25) is 11.7 Å². The zero-order valence-electron chi connectivity index (χ0n) is 8.18. The number of hydrogen-bond donors (Lipinski definition) is 1. The number of hydrogen-bond acceptors (Lipinski definition) is 4. The Morgan fingerprint density at radius 1 is 1.56 bits per heavy atom. The van der Waals surface area contributed by atoms with Crippen LogP contribution in [0.1, 0.15) is 6.42 Å². The first-order valence-electron chi connectivity index (χ1n) is 4.36. The Kier molecular flexibility index (Phi) is 4.07. The zero-order chi connectivity index (χ0) is 12.1. The van der Waals surface area contributed by atoms with Gasteiger partial charge in [-0.05, 0) is 6.07 Å². The van der Waals surface area contributed by atoms with E-state index >= 15 is 0 Å². The van der Waals surface area contributed by atoms with Crippen LogP contribution >= 0.6 is 11.6 Å². The van der Waals surface area contributed by atoms with Gasteiger partial charge in [-0.1, -0.05) is 17.7 Å². The molecule has 0 unspecified atom stereocenters. The number of carbonyl (C=O) groups is 1. The Hall–Kier alpha value is -1.82. The Labute approximate surface area is 96.1 Å². The van der Waals surface area contributed by atoms with Gasteiger partial charge in [-0.15, -0.1) is 0 Å². The van der Waals surface area contributed by atoms with Crippen LogP contribution in [-0.2, 0) is 4.79 Å². The fourth-order valence-corrected chi connectivity index (χ4v) is 1.26. The molecule has 0 heterocycles. The molecule has 0 radical (unpaired) electrons. The highest BCUT2D eigenvalue weighted by atomic mass is 35.5. The highest BCUT2D eigenvalue weighted by Crippen LogP contribution is 2.34. The van der Waals surface area contributed by atoms with Crippen LogP contribution < -0.4 is 10.5 Å². The molecule has 6 nitrogen and oxygen atoms in total. The molecule has 0 saturated carbocycles. The van der Waals surface area contributed by atoms with Crippen molar-refractivity contribution in [3.63, 3.8) is 0 Å². The minimum absolute atomic E-state index is 0.0254. The molecule has 0 bridgehead atoms. The van der Waals surface area contributed by atoms with Crippen LogP contribution in [-0.4, -0.2) is 17.4 Å². The summed E-state index contributed by atoms with van der Waals surface area (Å²) in [5.74, 6) is -0.592. The summed E-state index contributed by atoms with van der Waals surface area (Å²) >= 11 is 5.74. The van der Waals surface area contributed by atoms with Crippen LogP contribution in [0.2, 0.25) is 5.02 Å². The fraction of sp³-hybridized carbons (Fsp3) is 0.222. The average molecular weight is 245 g/mol. The number of carbonyl (C=O) groups excluding carboxylic acids is 1. The molecule has 0 aliphatic heterocycles. The quantitative estimate of drug-likeness (QED) is 0.627. The standard InChI is InChI=1S/C9H9ClN2O4/c10-6-2-1-3-7(12(14)15)9(6)16-5-4-8(11)13/h1-3H,4-5H2,(H2,11,13). The Morgan fingerprint density at radius 3 is 2.81 bits per heavy atom. The van der Waals surface area contributed by atoms with Crippen molar-refractivity contribution in [2.75, 3.05) is 6.61 Å². The molecule has 1 amide bonds. The molecule has 0 aromatic heterocycles. The van der Waals surface area contributed by atoms with Gasteiger partial charge in [-0.2, -0.15) is 0 Å². The number of nitro groups is 1. The molecule has 0 spiro atoms. The molecule has 2 N–H and O–H groups in total. The molecule has 1 aromatic rings. The van der Waals surface area contributed by atoms with Crippen LogP contribution in [0.15, 0.2) is 18.2 Å². The molecule has 1 aromatic carbocycles. The third-order valence-corrected chi connectivity index (χ3v) is 2.04. The number of rotatable bonds is 5. The minimum atomic E-state index is -0.606. The minimum Gasteiger partial charge on any atom is -0.485 e. The number of primary amides is 1. The molecule has 0 fully saturated rings. The van der Waals surface area contributed by atoms with Crippen molar-refractivity contribution in [3.05, 3.63) is 33.3 Å². The van der Waals surface area contributed by atoms with Crippen LogP contribution in [0.5, 0.6) is 5.75 Å². The van der Waals surface area contributed by atoms with Gasteiger partial charge in [0.05, 0.1) is 23.0 Å². The van der Waals surface area contributed by atoms with E-state index in [2.05, 4.69) is 0 Å². The van der Waals surface area contributed by atoms with E-state index < -0.39 is 10.8 Å². The molecule has 0 atom stereocenters. The summed E-state index contributed by atoms with van der Waals surface area (Å²) in [4.78, 5) is 20.5. The monoisotopic (exact) mass is 244 g/mol. The predicted octanol–water partition coefficient (Wildman–Crippen LogP) is 1.50. The summed E-state index contributed by atoms with van der Waals surface area (Å²) in [5, 5.41) is 10.8. The van der Waals surface area contributed by atoms with Crippen molar-refractivity contribution in [2.45, 2.75) is 6.42 Å². The van der Waals surface area contributed by atoms with E-state index in [1.807, 2.05) is 0 Å². The first kappa shape index (κ1) is 12.3. The normalized spacial score (nSPS) is 9.81. The summed E-state index contributed by atoms with van der Waals surface area (Å²) in [6, 6.07) is 4.18. The van der Waals surface area contributed by atoms with Crippen LogP contribution in [0.25, 0.3) is 0 Å². The molecular weight excluding hydrogens is 236 g/mol. The second-order valence-electron chi connectivity index (χ2n) is 2.91. The van der Waals surface area contributed by atoms with Crippen molar-refractivity contribution in [1.82, 2.24) is 0 Å². The van der Waals surface area contributed by atoms with Crippen LogP contribution in [0, 0.1) is 10.1 Å². The number of halogens is 1. The van der Waals surface area contributed by atoms with Gasteiger partial charge in [-0.3, -0.25) is 14.9 Å². The Balaban J connectivity index is 2.84. The lowest BCUT2D eigenvalue weighted by Crippen LogP contribution is -2.15. The smallest absolute Gasteiger partial charge is 0.312 e. The van der Waals surface area contributed by atoms with Gasteiger partial charge in [0.1, 0.15) is 0 Å².